The Bertz CT molecular complexity index is 570. The van der Waals surface area contributed by atoms with Gasteiger partial charge in [0.2, 0.25) is 5.91 Å². The molecule has 1 saturated heterocycles. The second-order valence-corrected chi connectivity index (χ2v) is 6.73. The maximum atomic E-state index is 12.3. The highest BCUT2D eigenvalue weighted by atomic mass is 16.3. The van der Waals surface area contributed by atoms with Crippen molar-refractivity contribution >= 4 is 17.5 Å². The van der Waals surface area contributed by atoms with Crippen LogP contribution in [0.25, 0.3) is 0 Å². The van der Waals surface area contributed by atoms with E-state index in [1.165, 1.54) is 0 Å². The summed E-state index contributed by atoms with van der Waals surface area (Å²) in [4.78, 5) is 26.2. The quantitative estimate of drug-likeness (QED) is 0.897. The minimum Gasteiger partial charge on any atom is -0.389 e. The van der Waals surface area contributed by atoms with Gasteiger partial charge in [0.15, 0.2) is 0 Å². The fraction of sp³-hybridized carbons (Fsp3) is 0.556. The van der Waals surface area contributed by atoms with E-state index in [9.17, 15) is 14.7 Å². The van der Waals surface area contributed by atoms with Crippen LogP contribution in [0, 0.1) is 0 Å². The summed E-state index contributed by atoms with van der Waals surface area (Å²) in [5, 5.41) is 13.1. The van der Waals surface area contributed by atoms with Crippen molar-refractivity contribution in [2.75, 3.05) is 18.4 Å². The fourth-order valence-corrected chi connectivity index (χ4v) is 3.51. The van der Waals surface area contributed by atoms with Crippen molar-refractivity contribution in [1.29, 1.82) is 0 Å². The Morgan fingerprint density at radius 1 is 1.04 bits per heavy atom. The first kappa shape index (κ1) is 16.0. The number of rotatable bonds is 4. The molecule has 5 nitrogen and oxygen atoms in total. The van der Waals surface area contributed by atoms with Gasteiger partial charge in [-0.15, -0.1) is 0 Å². The molecule has 1 aromatic carbocycles. The third kappa shape index (κ3) is 3.91. The number of hydrogen-bond acceptors (Lipinski definition) is 3. The molecule has 0 aromatic heterocycles. The lowest BCUT2D eigenvalue weighted by atomic mass is 9.97. The van der Waals surface area contributed by atoms with Crippen LogP contribution in [0.3, 0.4) is 0 Å². The van der Waals surface area contributed by atoms with Crippen LogP contribution >= 0.6 is 0 Å². The predicted molar refractivity (Wildman–Crippen MR) is 88.2 cm³/mol. The molecular formula is C18H24N2O3. The van der Waals surface area contributed by atoms with Crippen LogP contribution in [0.15, 0.2) is 24.3 Å². The van der Waals surface area contributed by atoms with Crippen LogP contribution in [0.1, 0.15) is 55.3 Å². The molecule has 5 heteroatoms. The predicted octanol–water partition coefficient (Wildman–Crippen LogP) is 2.56. The van der Waals surface area contributed by atoms with E-state index >= 15 is 0 Å². The van der Waals surface area contributed by atoms with Crippen LogP contribution in [-0.4, -0.2) is 40.5 Å². The molecule has 2 fully saturated rings. The number of aliphatic hydroxyl groups is 1. The lowest BCUT2D eigenvalue weighted by Crippen LogP contribution is -2.30. The minimum atomic E-state index is -0.838. The molecule has 3 rings (SSSR count). The molecule has 1 aromatic rings. The monoisotopic (exact) mass is 316 g/mol. The Morgan fingerprint density at radius 2 is 1.65 bits per heavy atom. The number of amides is 2. The number of likely N-dealkylation sites (tertiary alicyclic amines) is 1. The Balaban J connectivity index is 1.56. The van der Waals surface area contributed by atoms with E-state index in [0.29, 0.717) is 24.1 Å². The van der Waals surface area contributed by atoms with Gasteiger partial charge in [0.25, 0.3) is 5.91 Å². The number of anilines is 1. The summed E-state index contributed by atoms with van der Waals surface area (Å²) >= 11 is 0. The zero-order valence-electron chi connectivity index (χ0n) is 13.4. The molecule has 0 atom stereocenters. The van der Waals surface area contributed by atoms with Crippen molar-refractivity contribution in [3.63, 3.8) is 0 Å². The summed E-state index contributed by atoms with van der Waals surface area (Å²) < 4.78 is 0. The van der Waals surface area contributed by atoms with E-state index in [-0.39, 0.29) is 18.2 Å². The van der Waals surface area contributed by atoms with Crippen LogP contribution < -0.4 is 5.32 Å². The highest BCUT2D eigenvalue weighted by Gasteiger charge is 2.33. The fourth-order valence-electron chi connectivity index (χ4n) is 3.51. The molecule has 1 aliphatic carbocycles. The van der Waals surface area contributed by atoms with Crippen LogP contribution in [-0.2, 0) is 4.79 Å². The van der Waals surface area contributed by atoms with Crippen LogP contribution in [0.2, 0.25) is 0 Å². The Labute approximate surface area is 136 Å². The van der Waals surface area contributed by atoms with E-state index in [4.69, 9.17) is 0 Å². The molecule has 2 aliphatic rings. The van der Waals surface area contributed by atoms with E-state index < -0.39 is 5.60 Å². The normalized spacial score (nSPS) is 19.8. The molecule has 0 bridgehead atoms. The average molecular weight is 316 g/mol. The standard InChI is InChI=1S/C18H24N2O3/c21-16(13-18(23)9-1-2-10-18)19-15-7-5-14(6-8-15)17(22)20-11-3-4-12-20/h5-8,23H,1-4,9-13H2,(H,19,21). The molecule has 0 unspecified atom stereocenters. The van der Waals surface area contributed by atoms with E-state index in [1.54, 1.807) is 24.3 Å². The Hall–Kier alpha value is -1.88. The largest absolute Gasteiger partial charge is 0.389 e. The summed E-state index contributed by atoms with van der Waals surface area (Å²) in [6.45, 7) is 1.66. The van der Waals surface area contributed by atoms with Crippen molar-refractivity contribution in [1.82, 2.24) is 4.90 Å². The lowest BCUT2D eigenvalue weighted by molar-refractivity contribution is -0.120. The smallest absolute Gasteiger partial charge is 0.253 e. The zero-order valence-corrected chi connectivity index (χ0v) is 13.4. The summed E-state index contributed by atoms with van der Waals surface area (Å²) in [7, 11) is 0. The Morgan fingerprint density at radius 3 is 2.26 bits per heavy atom. The molecule has 124 valence electrons. The molecule has 2 N–H and O–H groups in total. The molecular weight excluding hydrogens is 292 g/mol. The zero-order chi connectivity index (χ0) is 16.3. The van der Waals surface area contributed by atoms with Crippen molar-refractivity contribution < 1.29 is 14.7 Å². The first-order valence-corrected chi connectivity index (χ1v) is 8.47. The molecule has 0 radical (unpaired) electrons. The van der Waals surface area contributed by atoms with Gasteiger partial charge < -0.3 is 15.3 Å². The number of benzene rings is 1. The Kier molecular flexibility index (Phi) is 4.66. The summed E-state index contributed by atoms with van der Waals surface area (Å²) in [6, 6.07) is 7.00. The van der Waals surface area contributed by atoms with Gasteiger partial charge in [0.05, 0.1) is 12.0 Å². The van der Waals surface area contributed by atoms with E-state index in [2.05, 4.69) is 5.32 Å². The van der Waals surface area contributed by atoms with Crippen molar-refractivity contribution in [2.45, 2.75) is 50.5 Å². The lowest BCUT2D eigenvalue weighted by Gasteiger charge is -2.21. The van der Waals surface area contributed by atoms with Gasteiger partial charge in [0, 0.05) is 24.3 Å². The van der Waals surface area contributed by atoms with Gasteiger partial charge in [-0.2, -0.15) is 0 Å². The third-order valence-corrected chi connectivity index (χ3v) is 4.83. The second-order valence-electron chi connectivity index (χ2n) is 6.73. The third-order valence-electron chi connectivity index (χ3n) is 4.83. The molecule has 2 amide bonds. The average Bonchev–Trinajstić information content (AvgIpc) is 3.19. The maximum absolute atomic E-state index is 12.3. The van der Waals surface area contributed by atoms with Crippen LogP contribution in [0.4, 0.5) is 5.69 Å². The van der Waals surface area contributed by atoms with Crippen molar-refractivity contribution in [3.8, 4) is 0 Å². The molecule has 23 heavy (non-hydrogen) atoms. The number of carbonyl (C=O) groups excluding carboxylic acids is 2. The first-order valence-electron chi connectivity index (χ1n) is 8.47. The number of nitrogens with zero attached hydrogens (tertiary/aromatic N) is 1. The molecule has 0 spiro atoms. The summed E-state index contributed by atoms with van der Waals surface area (Å²) in [5.41, 5.74) is 0.476. The van der Waals surface area contributed by atoms with Gasteiger partial charge in [0.1, 0.15) is 0 Å². The van der Waals surface area contributed by atoms with Crippen molar-refractivity contribution in [3.05, 3.63) is 29.8 Å². The topological polar surface area (TPSA) is 69.6 Å². The highest BCUT2D eigenvalue weighted by molar-refractivity contribution is 5.96. The summed E-state index contributed by atoms with van der Waals surface area (Å²) in [5.74, 6) is -0.117. The molecule has 1 aliphatic heterocycles. The van der Waals surface area contributed by atoms with E-state index in [1.807, 2.05) is 4.90 Å². The maximum Gasteiger partial charge on any atom is 0.253 e. The van der Waals surface area contributed by atoms with Gasteiger partial charge in [-0.05, 0) is 49.9 Å². The number of nitrogens with one attached hydrogen (secondary N) is 1. The van der Waals surface area contributed by atoms with Gasteiger partial charge >= 0.3 is 0 Å². The van der Waals surface area contributed by atoms with Crippen LogP contribution in [0.5, 0.6) is 0 Å². The van der Waals surface area contributed by atoms with E-state index in [0.717, 1.165) is 38.8 Å². The first-order chi connectivity index (χ1) is 11.1. The molecule has 1 saturated carbocycles. The number of carbonyl (C=O) groups is 2. The minimum absolute atomic E-state index is 0.0562. The SMILES string of the molecule is O=C(CC1(O)CCCC1)Nc1ccc(C(=O)N2CCCC2)cc1. The second kappa shape index (κ2) is 6.71. The van der Waals surface area contributed by atoms with Gasteiger partial charge in [-0.1, -0.05) is 12.8 Å². The van der Waals surface area contributed by atoms with Crippen molar-refractivity contribution in [2.24, 2.45) is 0 Å². The number of hydrogen-bond donors (Lipinski definition) is 2. The highest BCUT2D eigenvalue weighted by Crippen LogP contribution is 2.32. The summed E-state index contributed by atoms with van der Waals surface area (Å²) in [6.07, 6.45) is 5.65. The molecule has 1 heterocycles. The van der Waals surface area contributed by atoms with Gasteiger partial charge in [-0.3, -0.25) is 9.59 Å². The van der Waals surface area contributed by atoms with Gasteiger partial charge in [-0.25, -0.2) is 0 Å².